The van der Waals surface area contributed by atoms with Crippen molar-refractivity contribution in [2.24, 2.45) is 0 Å². The van der Waals surface area contributed by atoms with Crippen LogP contribution in [0.15, 0.2) is 24.3 Å². The summed E-state index contributed by atoms with van der Waals surface area (Å²) in [7, 11) is 0. The summed E-state index contributed by atoms with van der Waals surface area (Å²) in [5.41, 5.74) is 2.44. The summed E-state index contributed by atoms with van der Waals surface area (Å²) in [6.07, 6.45) is 0.326. The number of para-hydroxylation sites is 1. The molecule has 0 saturated heterocycles. The molecule has 0 amide bonds. The van der Waals surface area contributed by atoms with E-state index in [-0.39, 0.29) is 12.3 Å². The molecule has 0 aromatic heterocycles. The first-order chi connectivity index (χ1) is 5.77. The lowest BCUT2D eigenvalue weighted by molar-refractivity contribution is 0.0151. The Labute approximate surface area is 72.5 Å². The summed E-state index contributed by atoms with van der Waals surface area (Å²) in [6, 6.07) is 8.26. The topological polar surface area (TPSA) is 21.3 Å². The first kappa shape index (κ1) is 7.62. The number of benzene rings is 1. The first-order valence-electron chi connectivity index (χ1n) is 4.28. The van der Waals surface area contributed by atoms with Crippen LogP contribution in [0.2, 0.25) is 0 Å². The normalized spacial score (nSPS) is 27.5. The molecule has 0 bridgehead atoms. The highest BCUT2D eigenvalue weighted by molar-refractivity contribution is 5.53. The zero-order valence-corrected chi connectivity index (χ0v) is 7.37. The third kappa shape index (κ3) is 1.18. The number of rotatable bonds is 0. The minimum Gasteiger partial charge on any atom is -0.360 e. The van der Waals surface area contributed by atoms with Crippen LogP contribution in [0.3, 0.4) is 0 Å². The highest BCUT2D eigenvalue weighted by Gasteiger charge is 2.19. The SMILES string of the molecule is CC1Nc2ccccc2C(C)O1. The van der Waals surface area contributed by atoms with Crippen molar-refractivity contribution < 1.29 is 4.74 Å². The van der Waals surface area contributed by atoms with Gasteiger partial charge >= 0.3 is 0 Å². The van der Waals surface area contributed by atoms with Gasteiger partial charge in [-0.3, -0.25) is 0 Å². The van der Waals surface area contributed by atoms with Crippen molar-refractivity contribution in [2.45, 2.75) is 26.2 Å². The van der Waals surface area contributed by atoms with Crippen LogP contribution in [0.4, 0.5) is 5.69 Å². The fraction of sp³-hybridized carbons (Fsp3) is 0.400. The monoisotopic (exact) mass is 163 g/mol. The fourth-order valence-electron chi connectivity index (χ4n) is 1.62. The van der Waals surface area contributed by atoms with E-state index in [1.165, 1.54) is 11.3 Å². The van der Waals surface area contributed by atoms with Crippen molar-refractivity contribution in [2.75, 3.05) is 5.32 Å². The fourth-order valence-corrected chi connectivity index (χ4v) is 1.62. The van der Waals surface area contributed by atoms with Crippen LogP contribution < -0.4 is 5.32 Å². The van der Waals surface area contributed by atoms with Gasteiger partial charge in [-0.05, 0) is 19.9 Å². The Morgan fingerprint density at radius 2 is 2.00 bits per heavy atom. The van der Waals surface area contributed by atoms with Crippen LogP contribution in [0.5, 0.6) is 0 Å². The number of nitrogens with one attached hydrogen (secondary N) is 1. The quantitative estimate of drug-likeness (QED) is 0.634. The van der Waals surface area contributed by atoms with Gasteiger partial charge in [-0.25, -0.2) is 0 Å². The zero-order chi connectivity index (χ0) is 8.55. The Balaban J connectivity index is 2.40. The molecule has 0 spiro atoms. The van der Waals surface area contributed by atoms with E-state index in [9.17, 15) is 0 Å². The molecule has 0 radical (unpaired) electrons. The third-order valence-corrected chi connectivity index (χ3v) is 2.17. The van der Waals surface area contributed by atoms with E-state index in [1.54, 1.807) is 0 Å². The molecule has 2 atom stereocenters. The first-order valence-corrected chi connectivity index (χ1v) is 4.28. The standard InChI is InChI=1S/C10H13NO/c1-7-9-5-3-4-6-10(9)11-8(2)12-7/h3-8,11H,1-2H3. The summed E-state index contributed by atoms with van der Waals surface area (Å²) < 4.78 is 5.60. The predicted molar refractivity (Wildman–Crippen MR) is 49.0 cm³/mol. The molecule has 2 heteroatoms. The molecule has 1 N–H and O–H groups in total. The Hall–Kier alpha value is -1.02. The summed E-state index contributed by atoms with van der Waals surface area (Å²) in [4.78, 5) is 0. The summed E-state index contributed by atoms with van der Waals surface area (Å²) >= 11 is 0. The molecule has 12 heavy (non-hydrogen) atoms. The van der Waals surface area contributed by atoms with Crippen molar-refractivity contribution >= 4 is 5.69 Å². The number of ether oxygens (including phenoxy) is 1. The van der Waals surface area contributed by atoms with Gasteiger partial charge in [0.15, 0.2) is 0 Å². The molecule has 64 valence electrons. The van der Waals surface area contributed by atoms with E-state index >= 15 is 0 Å². The summed E-state index contributed by atoms with van der Waals surface area (Å²) in [5, 5.41) is 3.27. The van der Waals surface area contributed by atoms with E-state index in [4.69, 9.17) is 4.74 Å². The Morgan fingerprint density at radius 3 is 2.83 bits per heavy atom. The van der Waals surface area contributed by atoms with E-state index in [0.717, 1.165) is 0 Å². The lowest BCUT2D eigenvalue weighted by Gasteiger charge is -2.29. The maximum atomic E-state index is 5.60. The number of fused-ring (bicyclic) bond motifs is 1. The van der Waals surface area contributed by atoms with Crippen LogP contribution in [0.25, 0.3) is 0 Å². The van der Waals surface area contributed by atoms with Crippen molar-refractivity contribution in [1.29, 1.82) is 0 Å². The maximum absolute atomic E-state index is 5.60. The second-order valence-electron chi connectivity index (χ2n) is 3.15. The zero-order valence-electron chi connectivity index (χ0n) is 7.37. The molecule has 1 aliphatic rings. The van der Waals surface area contributed by atoms with Gasteiger partial charge in [-0.2, -0.15) is 0 Å². The van der Waals surface area contributed by atoms with E-state index in [1.807, 2.05) is 19.1 Å². The lowest BCUT2D eigenvalue weighted by atomic mass is 10.1. The van der Waals surface area contributed by atoms with Gasteiger partial charge < -0.3 is 10.1 Å². The van der Waals surface area contributed by atoms with Gasteiger partial charge in [0, 0.05) is 11.3 Å². The summed E-state index contributed by atoms with van der Waals surface area (Å²) in [5.74, 6) is 0. The van der Waals surface area contributed by atoms with Crippen molar-refractivity contribution in [1.82, 2.24) is 0 Å². The van der Waals surface area contributed by atoms with Crippen molar-refractivity contribution in [3.05, 3.63) is 29.8 Å². The molecule has 2 unspecified atom stereocenters. The molecule has 1 heterocycles. The Bertz CT molecular complexity index is 285. The van der Waals surface area contributed by atoms with Gasteiger partial charge in [-0.15, -0.1) is 0 Å². The van der Waals surface area contributed by atoms with Crippen LogP contribution >= 0.6 is 0 Å². The smallest absolute Gasteiger partial charge is 0.125 e. The number of hydrogen-bond donors (Lipinski definition) is 1. The largest absolute Gasteiger partial charge is 0.360 e. The second-order valence-corrected chi connectivity index (χ2v) is 3.15. The molecular formula is C10H13NO. The predicted octanol–water partition coefficient (Wildman–Crippen LogP) is 2.54. The van der Waals surface area contributed by atoms with E-state index in [0.29, 0.717) is 0 Å². The molecule has 0 fully saturated rings. The minimum absolute atomic E-state index is 0.120. The molecule has 1 aromatic rings. The van der Waals surface area contributed by atoms with Crippen molar-refractivity contribution in [3.8, 4) is 0 Å². The van der Waals surface area contributed by atoms with E-state index < -0.39 is 0 Å². The number of hydrogen-bond acceptors (Lipinski definition) is 2. The molecule has 1 aliphatic heterocycles. The van der Waals surface area contributed by atoms with Gasteiger partial charge in [0.25, 0.3) is 0 Å². The van der Waals surface area contributed by atoms with E-state index in [2.05, 4.69) is 24.4 Å². The Kier molecular flexibility index (Phi) is 1.77. The van der Waals surface area contributed by atoms with Crippen molar-refractivity contribution in [3.63, 3.8) is 0 Å². The minimum atomic E-state index is 0.120. The molecule has 0 aliphatic carbocycles. The van der Waals surface area contributed by atoms with Gasteiger partial charge in [0.1, 0.15) is 6.23 Å². The van der Waals surface area contributed by atoms with Crippen LogP contribution in [0.1, 0.15) is 25.5 Å². The van der Waals surface area contributed by atoms with Gasteiger partial charge in [0.2, 0.25) is 0 Å². The van der Waals surface area contributed by atoms with Gasteiger partial charge in [0.05, 0.1) is 6.10 Å². The average molecular weight is 163 g/mol. The molecule has 0 saturated carbocycles. The molecular weight excluding hydrogens is 150 g/mol. The second kappa shape index (κ2) is 2.79. The Morgan fingerprint density at radius 1 is 1.25 bits per heavy atom. The third-order valence-electron chi connectivity index (χ3n) is 2.17. The highest BCUT2D eigenvalue weighted by Crippen LogP contribution is 2.30. The van der Waals surface area contributed by atoms with Gasteiger partial charge in [-0.1, -0.05) is 18.2 Å². The average Bonchev–Trinajstić information content (AvgIpc) is 2.04. The highest BCUT2D eigenvalue weighted by atomic mass is 16.5. The van der Waals surface area contributed by atoms with Crippen LogP contribution in [0, 0.1) is 0 Å². The van der Waals surface area contributed by atoms with Crippen LogP contribution in [-0.4, -0.2) is 6.23 Å². The molecule has 2 nitrogen and oxygen atoms in total. The van der Waals surface area contributed by atoms with Crippen LogP contribution in [-0.2, 0) is 4.74 Å². The number of anilines is 1. The molecule has 1 aromatic carbocycles. The maximum Gasteiger partial charge on any atom is 0.125 e. The lowest BCUT2D eigenvalue weighted by Crippen LogP contribution is -2.26. The summed E-state index contributed by atoms with van der Waals surface area (Å²) in [6.45, 7) is 4.10. The molecule has 2 rings (SSSR count).